The molecule has 0 aliphatic heterocycles. The first-order valence-corrected chi connectivity index (χ1v) is 7.83. The van der Waals surface area contributed by atoms with Crippen LogP contribution in [0.2, 0.25) is 0 Å². The second-order valence-electron chi connectivity index (χ2n) is 4.29. The van der Waals surface area contributed by atoms with Gasteiger partial charge in [-0.3, -0.25) is 4.31 Å². The molecule has 7 heteroatoms. The number of halogens is 1. The maximum atomic E-state index is 13.8. The Labute approximate surface area is 128 Å². The Morgan fingerprint density at radius 2 is 1.76 bits per heavy atom. The second kappa shape index (κ2) is 5.79. The monoisotopic (exact) mass is 324 g/mol. The van der Waals surface area contributed by atoms with Crippen LogP contribution in [0.1, 0.15) is 5.56 Å². The van der Waals surface area contributed by atoms with Crippen molar-refractivity contribution in [3.63, 3.8) is 0 Å². The minimum Gasteiger partial charge on any atom is -0.389 e. The maximum absolute atomic E-state index is 13.8. The predicted molar refractivity (Wildman–Crippen MR) is 84.3 cm³/mol. The van der Waals surface area contributed by atoms with E-state index in [9.17, 15) is 12.8 Å². The quantitative estimate of drug-likeness (QED) is 0.877. The number of hydrogen-bond donors (Lipinski definition) is 1. The summed E-state index contributed by atoms with van der Waals surface area (Å²) in [5, 5.41) is 0. The molecule has 0 saturated heterocycles. The molecule has 4 nitrogen and oxygen atoms in total. The predicted octanol–water partition coefficient (Wildman–Crippen LogP) is 2.29. The molecule has 2 aromatic carbocycles. The SMILES string of the molecule is CN(c1ccccc1)S(=O)(=O)c1cccc(F)c1C(N)=S. The zero-order chi connectivity index (χ0) is 15.6. The third kappa shape index (κ3) is 2.88. The number of rotatable bonds is 4. The third-order valence-electron chi connectivity index (χ3n) is 2.98. The Bertz CT molecular complexity index is 777. The Morgan fingerprint density at radius 3 is 2.33 bits per heavy atom. The zero-order valence-corrected chi connectivity index (χ0v) is 12.8. The van der Waals surface area contributed by atoms with E-state index >= 15 is 0 Å². The highest BCUT2D eigenvalue weighted by molar-refractivity contribution is 7.93. The number of nitrogens with zero attached hydrogens (tertiary/aromatic N) is 1. The van der Waals surface area contributed by atoms with E-state index in [0.29, 0.717) is 5.69 Å². The van der Waals surface area contributed by atoms with Gasteiger partial charge in [-0.15, -0.1) is 0 Å². The number of sulfonamides is 1. The van der Waals surface area contributed by atoms with Crippen LogP contribution in [0.4, 0.5) is 10.1 Å². The van der Waals surface area contributed by atoms with Crippen molar-refractivity contribution in [2.45, 2.75) is 4.90 Å². The van der Waals surface area contributed by atoms with Gasteiger partial charge in [0.25, 0.3) is 10.0 Å². The average molecular weight is 324 g/mol. The van der Waals surface area contributed by atoms with Crippen molar-refractivity contribution in [2.75, 3.05) is 11.4 Å². The highest BCUT2D eigenvalue weighted by Gasteiger charge is 2.27. The van der Waals surface area contributed by atoms with Gasteiger partial charge in [0, 0.05) is 7.05 Å². The van der Waals surface area contributed by atoms with Crippen LogP contribution in [0.25, 0.3) is 0 Å². The number of para-hydroxylation sites is 1. The molecular formula is C14H13FN2O2S2. The molecule has 0 aliphatic carbocycles. The lowest BCUT2D eigenvalue weighted by atomic mass is 10.2. The third-order valence-corrected chi connectivity index (χ3v) is 5.01. The number of hydrogen-bond acceptors (Lipinski definition) is 3. The van der Waals surface area contributed by atoms with Crippen molar-refractivity contribution >= 4 is 32.9 Å². The van der Waals surface area contributed by atoms with E-state index in [0.717, 1.165) is 10.4 Å². The number of anilines is 1. The van der Waals surface area contributed by atoms with Crippen molar-refractivity contribution in [1.82, 2.24) is 0 Å². The summed E-state index contributed by atoms with van der Waals surface area (Å²) in [5.74, 6) is -0.759. The molecular weight excluding hydrogens is 311 g/mol. The average Bonchev–Trinajstić information content (AvgIpc) is 2.46. The van der Waals surface area contributed by atoms with Gasteiger partial charge in [0.1, 0.15) is 15.7 Å². The number of nitrogens with two attached hydrogens (primary N) is 1. The highest BCUT2D eigenvalue weighted by atomic mass is 32.2. The Morgan fingerprint density at radius 1 is 1.14 bits per heavy atom. The summed E-state index contributed by atoms with van der Waals surface area (Å²) >= 11 is 4.76. The molecule has 2 aromatic rings. The van der Waals surface area contributed by atoms with Crippen LogP contribution in [0, 0.1) is 5.82 Å². The van der Waals surface area contributed by atoms with E-state index in [1.54, 1.807) is 30.3 Å². The van der Waals surface area contributed by atoms with Gasteiger partial charge >= 0.3 is 0 Å². The molecule has 2 rings (SSSR count). The molecule has 0 fully saturated rings. The first kappa shape index (κ1) is 15.4. The Balaban J connectivity index is 2.61. The maximum Gasteiger partial charge on any atom is 0.264 e. The minimum atomic E-state index is -3.96. The van der Waals surface area contributed by atoms with Crippen molar-refractivity contribution in [1.29, 1.82) is 0 Å². The summed E-state index contributed by atoms with van der Waals surface area (Å²) in [6.07, 6.45) is 0. The smallest absolute Gasteiger partial charge is 0.264 e. The van der Waals surface area contributed by atoms with Gasteiger partial charge in [-0.25, -0.2) is 12.8 Å². The summed E-state index contributed by atoms with van der Waals surface area (Å²) in [4.78, 5) is -0.547. The van der Waals surface area contributed by atoms with Crippen LogP contribution in [0.3, 0.4) is 0 Å². The van der Waals surface area contributed by atoms with Gasteiger partial charge in [-0.05, 0) is 24.3 Å². The lowest BCUT2D eigenvalue weighted by Crippen LogP contribution is -2.29. The molecule has 2 N–H and O–H groups in total. The zero-order valence-electron chi connectivity index (χ0n) is 11.2. The molecule has 0 atom stereocenters. The van der Waals surface area contributed by atoms with E-state index in [1.165, 1.54) is 19.2 Å². The summed E-state index contributed by atoms with van der Waals surface area (Å²) in [7, 11) is -2.58. The molecule has 0 amide bonds. The fourth-order valence-corrected chi connectivity index (χ4v) is 3.56. The van der Waals surface area contributed by atoms with Crippen LogP contribution in [-0.2, 0) is 10.0 Å². The van der Waals surface area contributed by atoms with E-state index in [4.69, 9.17) is 18.0 Å². The van der Waals surface area contributed by atoms with Gasteiger partial charge < -0.3 is 5.73 Å². The lowest BCUT2D eigenvalue weighted by Gasteiger charge is -2.21. The van der Waals surface area contributed by atoms with Gasteiger partial charge in [0.2, 0.25) is 0 Å². The van der Waals surface area contributed by atoms with Crippen LogP contribution < -0.4 is 10.0 Å². The van der Waals surface area contributed by atoms with E-state index in [1.807, 2.05) is 0 Å². The Hall–Kier alpha value is -1.99. The van der Waals surface area contributed by atoms with E-state index in [-0.39, 0.29) is 15.4 Å². The highest BCUT2D eigenvalue weighted by Crippen LogP contribution is 2.25. The molecule has 0 heterocycles. The van der Waals surface area contributed by atoms with E-state index in [2.05, 4.69) is 0 Å². The fraction of sp³-hybridized carbons (Fsp3) is 0.0714. The van der Waals surface area contributed by atoms with Gasteiger partial charge in [0.05, 0.1) is 11.3 Å². The first-order valence-electron chi connectivity index (χ1n) is 5.98. The molecule has 0 aromatic heterocycles. The van der Waals surface area contributed by atoms with Crippen LogP contribution >= 0.6 is 12.2 Å². The van der Waals surface area contributed by atoms with Crippen molar-refractivity contribution in [3.8, 4) is 0 Å². The molecule has 0 bridgehead atoms. The van der Waals surface area contributed by atoms with Crippen LogP contribution in [0.15, 0.2) is 53.4 Å². The summed E-state index contributed by atoms with van der Waals surface area (Å²) in [5.41, 5.74) is 5.65. The largest absolute Gasteiger partial charge is 0.389 e. The molecule has 0 unspecified atom stereocenters. The van der Waals surface area contributed by atoms with Crippen LogP contribution in [-0.4, -0.2) is 20.5 Å². The lowest BCUT2D eigenvalue weighted by molar-refractivity contribution is 0.588. The summed E-state index contributed by atoms with van der Waals surface area (Å²) < 4.78 is 40.2. The summed E-state index contributed by atoms with van der Waals surface area (Å²) in [6.45, 7) is 0. The first-order chi connectivity index (χ1) is 9.85. The second-order valence-corrected chi connectivity index (χ2v) is 6.66. The molecule has 0 spiro atoms. The molecule has 0 radical (unpaired) electrons. The van der Waals surface area contributed by atoms with E-state index < -0.39 is 15.8 Å². The molecule has 21 heavy (non-hydrogen) atoms. The minimum absolute atomic E-state index is 0.249. The van der Waals surface area contributed by atoms with Gasteiger partial charge in [-0.2, -0.15) is 0 Å². The van der Waals surface area contributed by atoms with Crippen molar-refractivity contribution in [3.05, 3.63) is 59.9 Å². The topological polar surface area (TPSA) is 63.4 Å². The standard InChI is InChI=1S/C14H13FN2O2S2/c1-17(10-6-3-2-4-7-10)21(18,19)12-9-5-8-11(15)13(12)14(16)20/h2-9H,1H3,(H2,16,20). The normalized spacial score (nSPS) is 11.1. The van der Waals surface area contributed by atoms with Gasteiger partial charge in [-0.1, -0.05) is 36.5 Å². The summed E-state index contributed by atoms with van der Waals surface area (Å²) in [6, 6.07) is 12.2. The fourth-order valence-electron chi connectivity index (χ4n) is 1.88. The van der Waals surface area contributed by atoms with Gasteiger partial charge in [0.15, 0.2) is 0 Å². The van der Waals surface area contributed by atoms with Crippen molar-refractivity contribution < 1.29 is 12.8 Å². The Kier molecular flexibility index (Phi) is 4.24. The number of benzene rings is 2. The van der Waals surface area contributed by atoms with Crippen LogP contribution in [0.5, 0.6) is 0 Å². The van der Waals surface area contributed by atoms with Crippen molar-refractivity contribution in [2.24, 2.45) is 5.73 Å². The molecule has 0 saturated carbocycles. The number of thiocarbonyl (C=S) groups is 1. The molecule has 0 aliphatic rings. The molecule has 110 valence electrons.